The molecule has 3 rings (SSSR count). The Hall–Kier alpha value is -2.27. The van der Waals surface area contributed by atoms with Crippen LogP contribution in [0.1, 0.15) is 5.56 Å². The number of nitrogens with zero attached hydrogens (tertiary/aromatic N) is 2. The molecule has 0 aliphatic heterocycles. The van der Waals surface area contributed by atoms with Crippen molar-refractivity contribution in [2.24, 2.45) is 0 Å². The average Bonchev–Trinajstić information content (AvgIpc) is 2.61. The standard InChI is InChI=1S/C19H19BrN2O2/c1-22(12-14-5-8-16(23-2)11-18(14)24-3)19-9-6-13-4-7-15(20)10-17(13)21-19/h4-11H,12H2,1-3H3. The van der Waals surface area contributed by atoms with E-state index in [0.29, 0.717) is 6.54 Å². The molecule has 0 aliphatic rings. The number of hydrogen-bond acceptors (Lipinski definition) is 4. The van der Waals surface area contributed by atoms with Gasteiger partial charge in [-0.1, -0.05) is 22.0 Å². The summed E-state index contributed by atoms with van der Waals surface area (Å²) >= 11 is 3.50. The summed E-state index contributed by atoms with van der Waals surface area (Å²) in [4.78, 5) is 6.85. The summed E-state index contributed by atoms with van der Waals surface area (Å²) in [5.74, 6) is 2.51. The Morgan fingerprint density at radius 1 is 1.00 bits per heavy atom. The van der Waals surface area contributed by atoms with Gasteiger partial charge in [-0.05, 0) is 36.4 Å². The normalized spacial score (nSPS) is 10.7. The number of rotatable bonds is 5. The van der Waals surface area contributed by atoms with Crippen LogP contribution in [0.3, 0.4) is 0 Å². The second kappa shape index (κ2) is 7.09. The number of benzene rings is 2. The maximum atomic E-state index is 5.48. The van der Waals surface area contributed by atoms with Gasteiger partial charge in [0.25, 0.3) is 0 Å². The minimum absolute atomic E-state index is 0.694. The van der Waals surface area contributed by atoms with E-state index in [1.54, 1.807) is 14.2 Å². The van der Waals surface area contributed by atoms with Gasteiger partial charge in [0.15, 0.2) is 0 Å². The molecule has 0 radical (unpaired) electrons. The van der Waals surface area contributed by atoms with E-state index in [1.807, 2.05) is 43.4 Å². The van der Waals surface area contributed by atoms with E-state index in [0.717, 1.165) is 38.3 Å². The molecule has 1 heterocycles. The molecule has 0 saturated heterocycles. The quantitative estimate of drug-likeness (QED) is 0.638. The molecule has 0 spiro atoms. The van der Waals surface area contributed by atoms with Gasteiger partial charge in [-0.2, -0.15) is 0 Å². The zero-order valence-corrected chi connectivity index (χ0v) is 15.5. The van der Waals surface area contributed by atoms with Gasteiger partial charge in [0.05, 0.1) is 19.7 Å². The molecule has 0 N–H and O–H groups in total. The van der Waals surface area contributed by atoms with Gasteiger partial charge in [0.2, 0.25) is 0 Å². The summed E-state index contributed by atoms with van der Waals surface area (Å²) in [6.07, 6.45) is 0. The highest BCUT2D eigenvalue weighted by Crippen LogP contribution is 2.27. The minimum atomic E-state index is 0.694. The topological polar surface area (TPSA) is 34.6 Å². The lowest BCUT2D eigenvalue weighted by atomic mass is 10.1. The first-order valence-electron chi connectivity index (χ1n) is 7.59. The number of halogens is 1. The van der Waals surface area contributed by atoms with Crippen LogP contribution < -0.4 is 14.4 Å². The van der Waals surface area contributed by atoms with Crippen LogP contribution >= 0.6 is 15.9 Å². The molecule has 0 amide bonds. The Bertz CT molecular complexity index is 867. The van der Waals surface area contributed by atoms with Crippen molar-refractivity contribution in [1.29, 1.82) is 0 Å². The van der Waals surface area contributed by atoms with Crippen LogP contribution in [0.5, 0.6) is 11.5 Å². The monoisotopic (exact) mass is 386 g/mol. The first-order valence-corrected chi connectivity index (χ1v) is 8.38. The lowest BCUT2D eigenvalue weighted by Gasteiger charge is -2.20. The molecule has 5 heteroatoms. The fraction of sp³-hybridized carbons (Fsp3) is 0.211. The molecule has 4 nitrogen and oxygen atoms in total. The lowest BCUT2D eigenvalue weighted by Crippen LogP contribution is -2.18. The first-order chi connectivity index (χ1) is 11.6. The summed E-state index contributed by atoms with van der Waals surface area (Å²) in [5, 5.41) is 1.12. The predicted octanol–water partition coefficient (Wildman–Crippen LogP) is 4.65. The van der Waals surface area contributed by atoms with Crippen molar-refractivity contribution < 1.29 is 9.47 Å². The van der Waals surface area contributed by atoms with Crippen molar-refractivity contribution in [3.05, 3.63) is 58.6 Å². The van der Waals surface area contributed by atoms with Gasteiger partial charge >= 0.3 is 0 Å². The van der Waals surface area contributed by atoms with Crippen LogP contribution in [0.15, 0.2) is 53.0 Å². The average molecular weight is 387 g/mol. The summed E-state index contributed by atoms with van der Waals surface area (Å²) in [6, 6.07) is 16.1. The van der Waals surface area contributed by atoms with Crippen LogP contribution in [0.2, 0.25) is 0 Å². The lowest BCUT2D eigenvalue weighted by molar-refractivity contribution is 0.391. The van der Waals surface area contributed by atoms with Crippen molar-refractivity contribution in [3.63, 3.8) is 0 Å². The third-order valence-corrected chi connectivity index (χ3v) is 4.43. The number of pyridine rings is 1. The van der Waals surface area contributed by atoms with Gasteiger partial charge in [-0.15, -0.1) is 0 Å². The Morgan fingerprint density at radius 2 is 1.79 bits per heavy atom. The minimum Gasteiger partial charge on any atom is -0.497 e. The van der Waals surface area contributed by atoms with Gasteiger partial charge < -0.3 is 14.4 Å². The van der Waals surface area contributed by atoms with Gasteiger partial charge in [-0.3, -0.25) is 0 Å². The van der Waals surface area contributed by atoms with Crippen LogP contribution in [-0.4, -0.2) is 26.3 Å². The van der Waals surface area contributed by atoms with Crippen LogP contribution in [0, 0.1) is 0 Å². The highest BCUT2D eigenvalue weighted by molar-refractivity contribution is 9.10. The van der Waals surface area contributed by atoms with E-state index >= 15 is 0 Å². The Labute approximate surface area is 150 Å². The van der Waals surface area contributed by atoms with Gasteiger partial charge in [0.1, 0.15) is 17.3 Å². The molecule has 24 heavy (non-hydrogen) atoms. The molecule has 2 aromatic carbocycles. The fourth-order valence-corrected chi connectivity index (χ4v) is 2.96. The van der Waals surface area contributed by atoms with Crippen molar-refractivity contribution >= 4 is 32.7 Å². The second-order valence-electron chi connectivity index (χ2n) is 5.54. The molecule has 0 saturated carbocycles. The summed E-state index contributed by atoms with van der Waals surface area (Å²) in [6.45, 7) is 0.694. The number of fused-ring (bicyclic) bond motifs is 1. The molecule has 0 bridgehead atoms. The van der Waals surface area contributed by atoms with Gasteiger partial charge in [0, 0.05) is 35.1 Å². The highest BCUT2D eigenvalue weighted by Gasteiger charge is 2.10. The largest absolute Gasteiger partial charge is 0.497 e. The van der Waals surface area contributed by atoms with Crippen LogP contribution in [0.25, 0.3) is 10.9 Å². The molecular weight excluding hydrogens is 368 g/mol. The van der Waals surface area contributed by atoms with Crippen molar-refractivity contribution in [2.45, 2.75) is 6.54 Å². The smallest absolute Gasteiger partial charge is 0.129 e. The number of ether oxygens (including phenoxy) is 2. The van der Waals surface area contributed by atoms with E-state index in [2.05, 4.69) is 33.0 Å². The van der Waals surface area contributed by atoms with Crippen LogP contribution in [0.4, 0.5) is 5.82 Å². The van der Waals surface area contributed by atoms with Crippen LogP contribution in [-0.2, 0) is 6.54 Å². The number of anilines is 1. The number of hydrogen-bond donors (Lipinski definition) is 0. The van der Waals surface area contributed by atoms with E-state index < -0.39 is 0 Å². The Morgan fingerprint density at radius 3 is 2.54 bits per heavy atom. The van der Waals surface area contributed by atoms with E-state index in [1.165, 1.54) is 0 Å². The van der Waals surface area contributed by atoms with Crippen molar-refractivity contribution in [2.75, 3.05) is 26.2 Å². The maximum Gasteiger partial charge on any atom is 0.129 e. The molecule has 0 aliphatic carbocycles. The molecule has 1 aromatic heterocycles. The number of aromatic nitrogens is 1. The summed E-state index contributed by atoms with van der Waals surface area (Å²) < 4.78 is 11.8. The van der Waals surface area contributed by atoms with E-state index in [9.17, 15) is 0 Å². The molecule has 0 unspecified atom stereocenters. The third kappa shape index (κ3) is 3.46. The highest BCUT2D eigenvalue weighted by atomic mass is 79.9. The van der Waals surface area contributed by atoms with E-state index in [-0.39, 0.29) is 0 Å². The molecule has 0 atom stereocenters. The van der Waals surface area contributed by atoms with Crippen molar-refractivity contribution in [3.8, 4) is 11.5 Å². The molecular formula is C19H19BrN2O2. The Kier molecular flexibility index (Phi) is 4.90. The zero-order chi connectivity index (χ0) is 17.1. The molecule has 0 fully saturated rings. The zero-order valence-electron chi connectivity index (χ0n) is 13.9. The van der Waals surface area contributed by atoms with Gasteiger partial charge in [-0.25, -0.2) is 4.98 Å². The Balaban J connectivity index is 1.88. The summed E-state index contributed by atoms with van der Waals surface area (Å²) in [7, 11) is 5.34. The molecule has 124 valence electrons. The molecule has 3 aromatic rings. The SMILES string of the molecule is COc1ccc(CN(C)c2ccc3ccc(Br)cc3n2)c(OC)c1. The second-order valence-corrected chi connectivity index (χ2v) is 6.46. The summed E-state index contributed by atoms with van der Waals surface area (Å²) in [5.41, 5.74) is 2.05. The fourth-order valence-electron chi connectivity index (χ4n) is 2.61. The third-order valence-electron chi connectivity index (χ3n) is 3.93. The maximum absolute atomic E-state index is 5.48. The number of methoxy groups -OCH3 is 2. The van der Waals surface area contributed by atoms with E-state index in [4.69, 9.17) is 14.5 Å². The first kappa shape index (κ1) is 16.6. The van der Waals surface area contributed by atoms with Crippen molar-refractivity contribution in [1.82, 2.24) is 4.98 Å². The predicted molar refractivity (Wildman–Crippen MR) is 101 cm³/mol.